The van der Waals surface area contributed by atoms with Gasteiger partial charge < -0.3 is 15.4 Å². The van der Waals surface area contributed by atoms with Crippen LogP contribution in [-0.2, 0) is 6.54 Å². The number of carbonyl (C=O) groups excluding carboxylic acids is 1. The predicted molar refractivity (Wildman–Crippen MR) is 82.4 cm³/mol. The molecule has 6 nitrogen and oxygen atoms in total. The van der Waals surface area contributed by atoms with E-state index in [9.17, 15) is 4.79 Å². The summed E-state index contributed by atoms with van der Waals surface area (Å²) in [6, 6.07) is 12.0. The Morgan fingerprint density at radius 2 is 2.09 bits per heavy atom. The van der Waals surface area contributed by atoms with Gasteiger partial charge in [0.1, 0.15) is 0 Å². The third kappa shape index (κ3) is 4.21. The van der Waals surface area contributed by atoms with Gasteiger partial charge in [-0.25, -0.2) is 9.78 Å². The van der Waals surface area contributed by atoms with E-state index in [1.807, 2.05) is 19.1 Å². The number of nitriles is 1. The second kappa shape index (κ2) is 7.64. The van der Waals surface area contributed by atoms with E-state index in [2.05, 4.69) is 15.6 Å². The largest absolute Gasteiger partial charge is 0.478 e. The molecule has 6 heteroatoms. The van der Waals surface area contributed by atoms with Crippen molar-refractivity contribution in [3.8, 4) is 11.9 Å². The molecule has 2 aromatic rings. The third-order valence-electron chi connectivity index (χ3n) is 2.84. The van der Waals surface area contributed by atoms with Crippen LogP contribution in [-0.4, -0.2) is 17.6 Å². The van der Waals surface area contributed by atoms with Crippen LogP contribution >= 0.6 is 0 Å². The monoisotopic (exact) mass is 296 g/mol. The van der Waals surface area contributed by atoms with Gasteiger partial charge in [-0.1, -0.05) is 6.07 Å². The Morgan fingerprint density at radius 1 is 1.32 bits per heavy atom. The molecule has 2 amide bonds. The van der Waals surface area contributed by atoms with Crippen molar-refractivity contribution in [1.82, 2.24) is 10.3 Å². The van der Waals surface area contributed by atoms with E-state index >= 15 is 0 Å². The fourth-order valence-electron chi connectivity index (χ4n) is 1.80. The lowest BCUT2D eigenvalue weighted by atomic mass is 10.2. The van der Waals surface area contributed by atoms with Gasteiger partial charge in [0, 0.05) is 24.0 Å². The molecule has 0 unspecified atom stereocenters. The maximum Gasteiger partial charge on any atom is 0.319 e. The molecule has 0 spiro atoms. The Bertz CT molecular complexity index is 677. The van der Waals surface area contributed by atoms with Crippen molar-refractivity contribution < 1.29 is 9.53 Å². The highest BCUT2D eigenvalue weighted by molar-refractivity contribution is 5.89. The topological polar surface area (TPSA) is 87.0 Å². The Morgan fingerprint density at radius 3 is 2.77 bits per heavy atom. The second-order valence-corrected chi connectivity index (χ2v) is 4.40. The van der Waals surface area contributed by atoms with Crippen molar-refractivity contribution in [3.05, 3.63) is 53.7 Å². The van der Waals surface area contributed by atoms with Crippen molar-refractivity contribution in [1.29, 1.82) is 5.26 Å². The average molecular weight is 296 g/mol. The maximum atomic E-state index is 11.9. The highest BCUT2D eigenvalue weighted by atomic mass is 16.5. The van der Waals surface area contributed by atoms with Crippen LogP contribution in [0.3, 0.4) is 0 Å². The van der Waals surface area contributed by atoms with E-state index in [0.29, 0.717) is 30.3 Å². The summed E-state index contributed by atoms with van der Waals surface area (Å²) in [5, 5.41) is 14.2. The second-order valence-electron chi connectivity index (χ2n) is 4.40. The number of nitrogens with zero attached hydrogens (tertiary/aromatic N) is 2. The van der Waals surface area contributed by atoms with E-state index in [1.54, 1.807) is 36.5 Å². The van der Waals surface area contributed by atoms with Crippen molar-refractivity contribution in [2.24, 2.45) is 0 Å². The Kier molecular flexibility index (Phi) is 5.32. The number of carbonyl (C=O) groups is 1. The molecular weight excluding hydrogens is 280 g/mol. The summed E-state index contributed by atoms with van der Waals surface area (Å²) < 4.78 is 5.40. The lowest BCUT2D eigenvalue weighted by Crippen LogP contribution is -2.28. The minimum Gasteiger partial charge on any atom is -0.478 e. The minimum absolute atomic E-state index is 0.311. The predicted octanol–water partition coefficient (Wildman–Crippen LogP) is 2.67. The first-order valence-corrected chi connectivity index (χ1v) is 6.84. The van der Waals surface area contributed by atoms with Gasteiger partial charge in [-0.05, 0) is 37.3 Å². The van der Waals surface area contributed by atoms with Crippen LogP contribution in [0.2, 0.25) is 0 Å². The molecule has 0 saturated heterocycles. The number of benzene rings is 1. The number of anilines is 1. The van der Waals surface area contributed by atoms with Gasteiger partial charge in [0.05, 0.1) is 18.2 Å². The summed E-state index contributed by atoms with van der Waals surface area (Å²) in [6.07, 6.45) is 1.64. The normalized spacial score (nSPS) is 9.64. The summed E-state index contributed by atoms with van der Waals surface area (Å²) in [5.41, 5.74) is 1.97. The molecule has 1 heterocycles. The van der Waals surface area contributed by atoms with Crippen LogP contribution in [0.4, 0.5) is 10.5 Å². The number of urea groups is 1. The van der Waals surface area contributed by atoms with E-state index in [0.717, 1.165) is 5.56 Å². The summed E-state index contributed by atoms with van der Waals surface area (Å²) in [5.74, 6) is 0.517. The molecular formula is C16H16N4O2. The van der Waals surface area contributed by atoms with Crippen molar-refractivity contribution >= 4 is 11.7 Å². The van der Waals surface area contributed by atoms with Gasteiger partial charge in [0.25, 0.3) is 0 Å². The number of ether oxygens (including phenoxy) is 1. The van der Waals surface area contributed by atoms with Crippen molar-refractivity contribution in [2.75, 3.05) is 11.9 Å². The van der Waals surface area contributed by atoms with Gasteiger partial charge in [0.15, 0.2) is 0 Å². The first-order valence-electron chi connectivity index (χ1n) is 6.84. The van der Waals surface area contributed by atoms with Crippen LogP contribution < -0.4 is 15.4 Å². The first kappa shape index (κ1) is 15.3. The zero-order valence-electron chi connectivity index (χ0n) is 12.2. The molecule has 0 radical (unpaired) electrons. The van der Waals surface area contributed by atoms with Gasteiger partial charge in [-0.2, -0.15) is 5.26 Å². The number of hydrogen-bond acceptors (Lipinski definition) is 4. The van der Waals surface area contributed by atoms with Crippen LogP contribution in [0.1, 0.15) is 18.1 Å². The number of pyridine rings is 1. The van der Waals surface area contributed by atoms with Gasteiger partial charge in [-0.15, -0.1) is 0 Å². The fraction of sp³-hybridized carbons (Fsp3) is 0.188. The Labute approximate surface area is 128 Å². The quantitative estimate of drug-likeness (QED) is 0.888. The molecule has 0 saturated carbocycles. The standard InChI is InChI=1S/C16H16N4O2/c1-2-22-15-13(4-3-9-18-15)11-19-16(21)20-14-7-5-12(10-17)6-8-14/h3-9H,2,11H2,1H3,(H2,19,20,21). The molecule has 112 valence electrons. The minimum atomic E-state index is -0.337. The summed E-state index contributed by atoms with van der Waals surface area (Å²) in [4.78, 5) is 16.0. The molecule has 0 bridgehead atoms. The number of hydrogen-bond donors (Lipinski definition) is 2. The fourth-order valence-corrected chi connectivity index (χ4v) is 1.80. The average Bonchev–Trinajstić information content (AvgIpc) is 2.55. The SMILES string of the molecule is CCOc1ncccc1CNC(=O)Nc1ccc(C#N)cc1. The van der Waals surface area contributed by atoms with Crippen LogP contribution in [0.5, 0.6) is 5.88 Å². The van der Waals surface area contributed by atoms with Crippen LogP contribution in [0, 0.1) is 11.3 Å². The third-order valence-corrected chi connectivity index (χ3v) is 2.84. The highest BCUT2D eigenvalue weighted by Gasteiger charge is 2.06. The number of amides is 2. The lowest BCUT2D eigenvalue weighted by molar-refractivity contribution is 0.251. The molecule has 2 N–H and O–H groups in total. The molecule has 22 heavy (non-hydrogen) atoms. The molecule has 1 aromatic carbocycles. The lowest BCUT2D eigenvalue weighted by Gasteiger charge is -2.10. The molecule has 2 rings (SSSR count). The van der Waals surface area contributed by atoms with E-state index < -0.39 is 0 Å². The molecule has 0 aliphatic carbocycles. The van der Waals surface area contributed by atoms with Gasteiger partial charge in [-0.3, -0.25) is 0 Å². The summed E-state index contributed by atoms with van der Waals surface area (Å²) in [6.45, 7) is 2.70. The number of aromatic nitrogens is 1. The van der Waals surface area contributed by atoms with E-state index in [4.69, 9.17) is 10.00 Å². The molecule has 0 aliphatic heterocycles. The summed E-state index contributed by atoms with van der Waals surface area (Å²) in [7, 11) is 0. The number of nitrogens with one attached hydrogen (secondary N) is 2. The Balaban J connectivity index is 1.91. The highest BCUT2D eigenvalue weighted by Crippen LogP contribution is 2.14. The van der Waals surface area contributed by atoms with E-state index in [1.165, 1.54) is 0 Å². The zero-order valence-corrected chi connectivity index (χ0v) is 12.2. The molecule has 0 atom stereocenters. The zero-order chi connectivity index (χ0) is 15.8. The smallest absolute Gasteiger partial charge is 0.319 e. The van der Waals surface area contributed by atoms with Crippen LogP contribution in [0.15, 0.2) is 42.6 Å². The first-order chi connectivity index (χ1) is 10.7. The Hall–Kier alpha value is -3.07. The van der Waals surface area contributed by atoms with Crippen LogP contribution in [0.25, 0.3) is 0 Å². The summed E-state index contributed by atoms with van der Waals surface area (Å²) >= 11 is 0. The van der Waals surface area contributed by atoms with Gasteiger partial charge in [0.2, 0.25) is 5.88 Å². The molecule has 1 aromatic heterocycles. The van der Waals surface area contributed by atoms with Crippen molar-refractivity contribution in [2.45, 2.75) is 13.5 Å². The maximum absolute atomic E-state index is 11.9. The molecule has 0 aliphatic rings. The van der Waals surface area contributed by atoms with Gasteiger partial charge >= 0.3 is 6.03 Å². The number of rotatable bonds is 5. The van der Waals surface area contributed by atoms with Crippen molar-refractivity contribution in [3.63, 3.8) is 0 Å². The van der Waals surface area contributed by atoms with E-state index in [-0.39, 0.29) is 6.03 Å². The molecule has 0 fully saturated rings.